The van der Waals surface area contributed by atoms with Crippen molar-refractivity contribution in [1.29, 1.82) is 0 Å². The summed E-state index contributed by atoms with van der Waals surface area (Å²) in [6, 6.07) is 9.21. The molecule has 2 aromatic rings. The molecule has 0 saturated carbocycles. The summed E-state index contributed by atoms with van der Waals surface area (Å²) >= 11 is 0. The molecule has 0 aliphatic rings. The van der Waals surface area contributed by atoms with Gasteiger partial charge in [0, 0.05) is 12.1 Å². The molecule has 1 aromatic carbocycles. The Kier molecular flexibility index (Phi) is 4.40. The summed E-state index contributed by atoms with van der Waals surface area (Å²) in [7, 11) is 0. The molecule has 20 heavy (non-hydrogen) atoms. The first-order chi connectivity index (χ1) is 9.65. The second-order valence-electron chi connectivity index (χ2n) is 4.47. The van der Waals surface area contributed by atoms with E-state index in [4.69, 9.17) is 10.5 Å². The fourth-order valence-electron chi connectivity index (χ4n) is 1.98. The number of anilines is 1. The van der Waals surface area contributed by atoms with E-state index in [0.29, 0.717) is 18.8 Å². The summed E-state index contributed by atoms with van der Waals surface area (Å²) in [5.41, 5.74) is 7.31. The van der Waals surface area contributed by atoms with Gasteiger partial charge in [0.2, 0.25) is 0 Å². The molecule has 2 N–H and O–H groups in total. The number of aryl methyl sites for hydroxylation is 1. The molecule has 106 valence electrons. The van der Waals surface area contributed by atoms with Crippen molar-refractivity contribution in [1.82, 2.24) is 9.78 Å². The Morgan fingerprint density at radius 3 is 2.80 bits per heavy atom. The highest BCUT2D eigenvalue weighted by Crippen LogP contribution is 2.22. The van der Waals surface area contributed by atoms with Crippen LogP contribution in [-0.4, -0.2) is 16.4 Å². The standard InChI is InChI=1S/C15H19N3O2/c1-3-8-18-15(19)13(16)10-14(17-18)11-6-5-7-12(9-11)20-4-2/h5-7,9-10H,3-4,8,16H2,1-2H3. The van der Waals surface area contributed by atoms with Crippen molar-refractivity contribution >= 4 is 5.69 Å². The van der Waals surface area contributed by atoms with Gasteiger partial charge in [0.1, 0.15) is 11.4 Å². The highest BCUT2D eigenvalue weighted by molar-refractivity contribution is 5.63. The van der Waals surface area contributed by atoms with Crippen LogP contribution in [0.4, 0.5) is 5.69 Å². The summed E-state index contributed by atoms with van der Waals surface area (Å²) in [5.74, 6) is 0.776. The maximum Gasteiger partial charge on any atom is 0.289 e. The molecule has 0 amide bonds. The Morgan fingerprint density at radius 1 is 1.30 bits per heavy atom. The maximum atomic E-state index is 11.9. The Morgan fingerprint density at radius 2 is 2.10 bits per heavy atom. The van der Waals surface area contributed by atoms with Crippen molar-refractivity contribution in [3.8, 4) is 17.0 Å². The van der Waals surface area contributed by atoms with Crippen LogP contribution in [0.1, 0.15) is 20.3 Å². The van der Waals surface area contributed by atoms with Crippen molar-refractivity contribution in [2.24, 2.45) is 0 Å². The number of hydrogen-bond donors (Lipinski definition) is 1. The third-order valence-electron chi connectivity index (χ3n) is 2.88. The lowest BCUT2D eigenvalue weighted by Crippen LogP contribution is -2.25. The van der Waals surface area contributed by atoms with Gasteiger partial charge >= 0.3 is 0 Å². The summed E-state index contributed by atoms with van der Waals surface area (Å²) in [6.07, 6.45) is 0.828. The average molecular weight is 273 g/mol. The first-order valence-corrected chi connectivity index (χ1v) is 6.76. The zero-order valence-electron chi connectivity index (χ0n) is 11.8. The molecule has 2 rings (SSSR count). The number of hydrogen-bond acceptors (Lipinski definition) is 4. The second-order valence-corrected chi connectivity index (χ2v) is 4.47. The molecule has 0 saturated heterocycles. The van der Waals surface area contributed by atoms with Gasteiger partial charge in [-0.05, 0) is 31.5 Å². The van der Waals surface area contributed by atoms with Gasteiger partial charge in [-0.15, -0.1) is 0 Å². The topological polar surface area (TPSA) is 70.1 Å². The summed E-state index contributed by atoms with van der Waals surface area (Å²) < 4.78 is 6.89. The predicted molar refractivity (Wildman–Crippen MR) is 79.8 cm³/mol. The number of nitrogen functional groups attached to an aromatic ring is 1. The third-order valence-corrected chi connectivity index (χ3v) is 2.88. The molecule has 0 radical (unpaired) electrons. The van der Waals surface area contributed by atoms with E-state index < -0.39 is 0 Å². The summed E-state index contributed by atoms with van der Waals surface area (Å²) in [4.78, 5) is 11.9. The zero-order chi connectivity index (χ0) is 14.5. The maximum absolute atomic E-state index is 11.9. The number of benzene rings is 1. The third kappa shape index (κ3) is 2.99. The van der Waals surface area contributed by atoms with Crippen molar-refractivity contribution in [3.05, 3.63) is 40.7 Å². The fraction of sp³-hybridized carbons (Fsp3) is 0.333. The van der Waals surface area contributed by atoms with E-state index in [1.165, 1.54) is 4.68 Å². The van der Waals surface area contributed by atoms with Crippen LogP contribution < -0.4 is 16.0 Å². The summed E-state index contributed by atoms with van der Waals surface area (Å²) in [5, 5.41) is 4.36. The van der Waals surface area contributed by atoms with Crippen LogP contribution >= 0.6 is 0 Å². The van der Waals surface area contributed by atoms with Crippen LogP contribution in [0.3, 0.4) is 0 Å². The lowest BCUT2D eigenvalue weighted by Gasteiger charge is -2.09. The molecule has 0 aliphatic heterocycles. The molecular weight excluding hydrogens is 254 g/mol. The first-order valence-electron chi connectivity index (χ1n) is 6.76. The average Bonchev–Trinajstić information content (AvgIpc) is 2.44. The van der Waals surface area contributed by atoms with Gasteiger partial charge in [0.05, 0.1) is 12.3 Å². The Hall–Kier alpha value is -2.30. The van der Waals surface area contributed by atoms with E-state index in [9.17, 15) is 4.79 Å². The normalized spacial score (nSPS) is 10.5. The lowest BCUT2D eigenvalue weighted by molar-refractivity contribution is 0.340. The van der Waals surface area contributed by atoms with Crippen molar-refractivity contribution in [2.75, 3.05) is 12.3 Å². The van der Waals surface area contributed by atoms with Gasteiger partial charge < -0.3 is 10.5 Å². The predicted octanol–water partition coefficient (Wildman–Crippen LogP) is 2.30. The molecular formula is C15H19N3O2. The highest BCUT2D eigenvalue weighted by atomic mass is 16.5. The van der Waals surface area contributed by atoms with Crippen molar-refractivity contribution < 1.29 is 4.74 Å². The minimum absolute atomic E-state index is 0.213. The number of nitrogens with zero attached hydrogens (tertiary/aromatic N) is 2. The zero-order valence-corrected chi connectivity index (χ0v) is 11.8. The second kappa shape index (κ2) is 6.23. The van der Waals surface area contributed by atoms with Crippen LogP contribution in [0.15, 0.2) is 35.1 Å². The van der Waals surface area contributed by atoms with Gasteiger partial charge in [-0.2, -0.15) is 5.10 Å². The monoisotopic (exact) mass is 273 g/mol. The molecule has 1 heterocycles. The smallest absolute Gasteiger partial charge is 0.289 e. The van der Waals surface area contributed by atoms with Gasteiger partial charge in [0.25, 0.3) is 5.56 Å². The van der Waals surface area contributed by atoms with E-state index in [1.54, 1.807) is 6.07 Å². The van der Waals surface area contributed by atoms with E-state index >= 15 is 0 Å². The van der Waals surface area contributed by atoms with Crippen LogP contribution in [0.2, 0.25) is 0 Å². The van der Waals surface area contributed by atoms with Crippen LogP contribution in [0, 0.1) is 0 Å². The lowest BCUT2D eigenvalue weighted by atomic mass is 10.1. The molecule has 1 aromatic heterocycles. The molecule has 0 atom stereocenters. The highest BCUT2D eigenvalue weighted by Gasteiger charge is 2.08. The molecule has 0 unspecified atom stereocenters. The molecule has 0 bridgehead atoms. The van der Waals surface area contributed by atoms with E-state index in [1.807, 2.05) is 38.1 Å². The molecule has 5 nitrogen and oxygen atoms in total. The minimum atomic E-state index is -0.239. The minimum Gasteiger partial charge on any atom is -0.494 e. The van der Waals surface area contributed by atoms with Gasteiger partial charge in [-0.1, -0.05) is 19.1 Å². The molecule has 0 spiro atoms. The van der Waals surface area contributed by atoms with Gasteiger partial charge in [0.15, 0.2) is 0 Å². The molecule has 0 fully saturated rings. The molecule has 5 heteroatoms. The van der Waals surface area contributed by atoms with E-state index in [-0.39, 0.29) is 11.2 Å². The largest absolute Gasteiger partial charge is 0.494 e. The summed E-state index contributed by atoms with van der Waals surface area (Å²) in [6.45, 7) is 5.09. The number of nitrogens with two attached hydrogens (primary N) is 1. The number of aromatic nitrogens is 2. The van der Waals surface area contributed by atoms with Crippen LogP contribution in [-0.2, 0) is 6.54 Å². The van der Waals surface area contributed by atoms with Crippen molar-refractivity contribution in [3.63, 3.8) is 0 Å². The van der Waals surface area contributed by atoms with Crippen LogP contribution in [0.25, 0.3) is 11.3 Å². The van der Waals surface area contributed by atoms with Crippen LogP contribution in [0.5, 0.6) is 5.75 Å². The molecule has 0 aliphatic carbocycles. The Labute approximate surface area is 118 Å². The Bertz CT molecular complexity index is 650. The van der Waals surface area contributed by atoms with Gasteiger partial charge in [-0.3, -0.25) is 4.79 Å². The van der Waals surface area contributed by atoms with Crippen molar-refractivity contribution in [2.45, 2.75) is 26.8 Å². The fourth-order valence-corrected chi connectivity index (χ4v) is 1.98. The quantitative estimate of drug-likeness (QED) is 0.907. The Balaban J connectivity index is 2.46. The first kappa shape index (κ1) is 14.1. The number of rotatable bonds is 5. The number of ether oxygens (including phenoxy) is 1. The SMILES string of the molecule is CCCn1nc(-c2cccc(OCC)c2)cc(N)c1=O. The van der Waals surface area contributed by atoms with E-state index in [2.05, 4.69) is 5.10 Å². The van der Waals surface area contributed by atoms with Gasteiger partial charge in [-0.25, -0.2) is 4.68 Å². The van der Waals surface area contributed by atoms with E-state index in [0.717, 1.165) is 17.7 Å².